The zero-order valence-corrected chi connectivity index (χ0v) is 7.14. The van der Waals surface area contributed by atoms with Crippen LogP contribution in [0.25, 0.3) is 0 Å². The van der Waals surface area contributed by atoms with Crippen molar-refractivity contribution in [2.75, 3.05) is 7.11 Å². The standard InChI is InChI=1S/C8H8F3NO/c1-4-6(9)5(7(10)11)3-12-8(4)13-2/h3,7H,1-2H3. The molecule has 0 aliphatic carbocycles. The molecule has 0 aliphatic rings. The second-order valence-electron chi connectivity index (χ2n) is 2.46. The second-order valence-corrected chi connectivity index (χ2v) is 2.46. The van der Waals surface area contributed by atoms with Gasteiger partial charge in [0.2, 0.25) is 5.88 Å². The maximum absolute atomic E-state index is 13.1. The molecule has 0 fully saturated rings. The van der Waals surface area contributed by atoms with Crippen molar-refractivity contribution < 1.29 is 17.9 Å². The fourth-order valence-electron chi connectivity index (χ4n) is 0.950. The molecular formula is C8H8F3NO. The summed E-state index contributed by atoms with van der Waals surface area (Å²) in [5, 5.41) is 0. The van der Waals surface area contributed by atoms with Gasteiger partial charge in [-0.1, -0.05) is 0 Å². The number of halogens is 3. The summed E-state index contributed by atoms with van der Waals surface area (Å²) in [6.45, 7) is 1.34. The molecule has 72 valence electrons. The summed E-state index contributed by atoms with van der Waals surface area (Å²) < 4.78 is 42.0. The van der Waals surface area contributed by atoms with E-state index in [0.29, 0.717) is 0 Å². The number of hydrogen-bond acceptors (Lipinski definition) is 2. The maximum Gasteiger partial charge on any atom is 0.268 e. The van der Waals surface area contributed by atoms with E-state index in [1.165, 1.54) is 14.0 Å². The molecule has 0 spiro atoms. The van der Waals surface area contributed by atoms with E-state index < -0.39 is 17.8 Å². The highest BCUT2D eigenvalue weighted by molar-refractivity contribution is 5.31. The Balaban J connectivity index is 3.23. The zero-order chi connectivity index (χ0) is 10.0. The van der Waals surface area contributed by atoms with Gasteiger partial charge in [0.15, 0.2) is 0 Å². The third-order valence-electron chi connectivity index (χ3n) is 1.65. The summed E-state index contributed by atoms with van der Waals surface area (Å²) >= 11 is 0. The lowest BCUT2D eigenvalue weighted by atomic mass is 10.2. The zero-order valence-electron chi connectivity index (χ0n) is 7.14. The van der Waals surface area contributed by atoms with Crippen molar-refractivity contribution in [3.8, 4) is 5.88 Å². The number of nitrogens with zero attached hydrogens (tertiary/aromatic N) is 1. The van der Waals surface area contributed by atoms with E-state index in [1.807, 2.05) is 0 Å². The van der Waals surface area contributed by atoms with E-state index >= 15 is 0 Å². The minimum atomic E-state index is -2.85. The summed E-state index contributed by atoms with van der Waals surface area (Å²) in [5.74, 6) is -0.927. The molecule has 1 aromatic rings. The highest BCUT2D eigenvalue weighted by atomic mass is 19.3. The van der Waals surface area contributed by atoms with Gasteiger partial charge in [-0.2, -0.15) is 0 Å². The van der Waals surface area contributed by atoms with Crippen LogP contribution >= 0.6 is 0 Å². The number of ether oxygens (including phenoxy) is 1. The lowest BCUT2D eigenvalue weighted by Gasteiger charge is -2.07. The van der Waals surface area contributed by atoms with Gasteiger partial charge in [-0.05, 0) is 6.92 Å². The molecule has 1 aromatic heterocycles. The summed E-state index contributed by atoms with van der Waals surface area (Å²) in [4.78, 5) is 3.54. The normalized spacial score (nSPS) is 10.6. The molecule has 0 amide bonds. The van der Waals surface area contributed by atoms with E-state index in [0.717, 1.165) is 6.20 Å². The minimum Gasteiger partial charge on any atom is -0.481 e. The van der Waals surface area contributed by atoms with Gasteiger partial charge in [0, 0.05) is 11.8 Å². The van der Waals surface area contributed by atoms with Crippen LogP contribution < -0.4 is 4.74 Å². The highest BCUT2D eigenvalue weighted by Crippen LogP contribution is 2.26. The first-order valence-corrected chi connectivity index (χ1v) is 3.55. The third-order valence-corrected chi connectivity index (χ3v) is 1.65. The molecule has 1 rings (SSSR count). The van der Waals surface area contributed by atoms with Gasteiger partial charge >= 0.3 is 0 Å². The van der Waals surface area contributed by atoms with Crippen LogP contribution in [0.15, 0.2) is 6.20 Å². The first kappa shape index (κ1) is 9.83. The first-order chi connectivity index (χ1) is 6.07. The first-order valence-electron chi connectivity index (χ1n) is 3.55. The maximum atomic E-state index is 13.1. The number of rotatable bonds is 2. The van der Waals surface area contributed by atoms with Crippen molar-refractivity contribution in [2.24, 2.45) is 0 Å². The van der Waals surface area contributed by atoms with Crippen LogP contribution in [0.3, 0.4) is 0 Å². The Morgan fingerprint density at radius 2 is 2.08 bits per heavy atom. The summed E-state index contributed by atoms with van der Waals surface area (Å²) in [6, 6.07) is 0. The highest BCUT2D eigenvalue weighted by Gasteiger charge is 2.18. The molecule has 13 heavy (non-hydrogen) atoms. The predicted octanol–water partition coefficient (Wildman–Crippen LogP) is 2.48. The number of aromatic nitrogens is 1. The minimum absolute atomic E-state index is 0.000278. The van der Waals surface area contributed by atoms with Crippen LogP contribution in [0.5, 0.6) is 5.88 Å². The van der Waals surface area contributed by atoms with Crippen molar-refractivity contribution in [1.29, 1.82) is 0 Å². The smallest absolute Gasteiger partial charge is 0.268 e. The van der Waals surface area contributed by atoms with Gasteiger partial charge in [-0.25, -0.2) is 18.2 Å². The van der Waals surface area contributed by atoms with Crippen LogP contribution in [0.2, 0.25) is 0 Å². The molecule has 0 bridgehead atoms. The van der Waals surface area contributed by atoms with Gasteiger partial charge in [0.05, 0.1) is 12.7 Å². The van der Waals surface area contributed by atoms with E-state index in [4.69, 9.17) is 0 Å². The van der Waals surface area contributed by atoms with Gasteiger partial charge in [-0.3, -0.25) is 0 Å². The van der Waals surface area contributed by atoms with Crippen molar-refractivity contribution in [1.82, 2.24) is 4.98 Å². The molecule has 0 N–H and O–H groups in total. The van der Waals surface area contributed by atoms with Crippen molar-refractivity contribution in [3.63, 3.8) is 0 Å². The Morgan fingerprint density at radius 3 is 2.54 bits per heavy atom. The lowest BCUT2D eigenvalue weighted by Crippen LogP contribution is -1.99. The number of hydrogen-bond donors (Lipinski definition) is 0. The summed E-state index contributed by atoms with van der Waals surface area (Å²) in [5.41, 5.74) is -0.696. The SMILES string of the molecule is COc1ncc(C(F)F)c(F)c1C. The quantitative estimate of drug-likeness (QED) is 0.716. The second kappa shape index (κ2) is 3.64. The van der Waals surface area contributed by atoms with E-state index in [9.17, 15) is 13.2 Å². The monoisotopic (exact) mass is 191 g/mol. The average Bonchev–Trinajstić information content (AvgIpc) is 2.09. The molecule has 0 unspecified atom stereocenters. The molecule has 5 heteroatoms. The Hall–Kier alpha value is -1.26. The Morgan fingerprint density at radius 1 is 1.46 bits per heavy atom. The lowest BCUT2D eigenvalue weighted by molar-refractivity contribution is 0.145. The van der Waals surface area contributed by atoms with Crippen LogP contribution in [-0.2, 0) is 0 Å². The van der Waals surface area contributed by atoms with E-state index in [1.54, 1.807) is 0 Å². The molecule has 2 nitrogen and oxygen atoms in total. The van der Waals surface area contributed by atoms with Crippen LogP contribution in [0.4, 0.5) is 13.2 Å². The van der Waals surface area contributed by atoms with E-state index in [2.05, 4.69) is 9.72 Å². The van der Waals surface area contributed by atoms with Crippen LogP contribution in [0, 0.1) is 12.7 Å². The molecule has 0 saturated heterocycles. The van der Waals surface area contributed by atoms with Crippen LogP contribution in [-0.4, -0.2) is 12.1 Å². The number of pyridine rings is 1. The van der Waals surface area contributed by atoms with Crippen molar-refractivity contribution >= 4 is 0 Å². The fourth-order valence-corrected chi connectivity index (χ4v) is 0.950. The summed E-state index contributed by atoms with van der Waals surface area (Å²) in [6.07, 6.45) is -2.07. The number of alkyl halides is 2. The van der Waals surface area contributed by atoms with E-state index in [-0.39, 0.29) is 11.4 Å². The fraction of sp³-hybridized carbons (Fsp3) is 0.375. The average molecular weight is 191 g/mol. The molecule has 0 saturated carbocycles. The van der Waals surface area contributed by atoms with Gasteiger partial charge < -0.3 is 4.74 Å². The Bertz CT molecular complexity index is 315. The van der Waals surface area contributed by atoms with Crippen molar-refractivity contribution in [3.05, 3.63) is 23.1 Å². The molecular weight excluding hydrogens is 183 g/mol. The molecule has 0 radical (unpaired) electrons. The Labute approximate surface area is 73.4 Å². The van der Waals surface area contributed by atoms with Crippen molar-refractivity contribution in [2.45, 2.75) is 13.3 Å². The number of methoxy groups -OCH3 is 1. The molecule has 1 heterocycles. The third kappa shape index (κ3) is 1.74. The van der Waals surface area contributed by atoms with Crippen LogP contribution in [0.1, 0.15) is 17.6 Å². The molecule has 0 aromatic carbocycles. The molecule has 0 atom stereocenters. The van der Waals surface area contributed by atoms with Gasteiger partial charge in [0.1, 0.15) is 5.82 Å². The largest absolute Gasteiger partial charge is 0.481 e. The summed E-state index contributed by atoms with van der Waals surface area (Å²) in [7, 11) is 1.30. The predicted molar refractivity (Wildman–Crippen MR) is 40.4 cm³/mol. The van der Waals surface area contributed by atoms with Gasteiger partial charge in [0.25, 0.3) is 6.43 Å². The Kier molecular flexibility index (Phi) is 2.75. The molecule has 0 aliphatic heterocycles. The topological polar surface area (TPSA) is 22.1 Å². The van der Waals surface area contributed by atoms with Gasteiger partial charge in [-0.15, -0.1) is 0 Å².